The first-order valence-corrected chi connectivity index (χ1v) is 10.6. The first kappa shape index (κ1) is 21.8. The van der Waals surface area contributed by atoms with Gasteiger partial charge in [0.2, 0.25) is 11.8 Å². The molecule has 30 heavy (non-hydrogen) atoms. The van der Waals surface area contributed by atoms with E-state index in [9.17, 15) is 4.79 Å². The zero-order valence-corrected chi connectivity index (χ0v) is 18.1. The fraction of sp³-hybridized carbons (Fsp3) is 0.400. The average molecular weight is 406 g/mol. The predicted octanol–water partition coefficient (Wildman–Crippen LogP) is 5.18. The topological polar surface area (TPSA) is 68.0 Å². The van der Waals surface area contributed by atoms with Gasteiger partial charge >= 0.3 is 0 Å². The van der Waals surface area contributed by atoms with Gasteiger partial charge in [-0.25, -0.2) is 0 Å². The van der Waals surface area contributed by atoms with E-state index in [-0.39, 0.29) is 17.4 Å². The van der Waals surface area contributed by atoms with E-state index in [0.717, 1.165) is 18.4 Å². The molecule has 2 aromatic carbocycles. The minimum absolute atomic E-state index is 0.00481. The van der Waals surface area contributed by atoms with Crippen LogP contribution in [0.25, 0.3) is 0 Å². The van der Waals surface area contributed by atoms with E-state index in [0.29, 0.717) is 31.0 Å². The van der Waals surface area contributed by atoms with E-state index >= 15 is 0 Å². The van der Waals surface area contributed by atoms with Crippen molar-refractivity contribution in [2.75, 3.05) is 0 Å². The summed E-state index contributed by atoms with van der Waals surface area (Å²) in [4.78, 5) is 17.1. The lowest BCUT2D eigenvalue weighted by Crippen LogP contribution is -2.28. The van der Waals surface area contributed by atoms with Crippen LogP contribution >= 0.6 is 0 Å². The van der Waals surface area contributed by atoms with Crippen LogP contribution in [0.2, 0.25) is 0 Å². The summed E-state index contributed by atoms with van der Waals surface area (Å²) >= 11 is 0. The first-order valence-electron chi connectivity index (χ1n) is 10.6. The highest BCUT2D eigenvalue weighted by Crippen LogP contribution is 2.21. The number of rotatable bonds is 9. The van der Waals surface area contributed by atoms with Crippen molar-refractivity contribution in [3.8, 4) is 0 Å². The lowest BCUT2D eigenvalue weighted by atomic mass is 9.96. The number of benzene rings is 2. The van der Waals surface area contributed by atoms with E-state index in [1.54, 1.807) is 0 Å². The molecule has 1 atom stereocenters. The summed E-state index contributed by atoms with van der Waals surface area (Å²) in [6.45, 7) is 6.15. The van der Waals surface area contributed by atoms with Crippen LogP contribution in [-0.4, -0.2) is 16.0 Å². The van der Waals surface area contributed by atoms with Gasteiger partial charge in [0.05, 0.1) is 6.04 Å². The molecule has 5 heteroatoms. The molecule has 0 aliphatic heterocycles. The number of nitrogens with one attached hydrogen (secondary N) is 1. The smallest absolute Gasteiger partial charge is 0.226 e. The normalized spacial score (nSPS) is 12.5. The van der Waals surface area contributed by atoms with Gasteiger partial charge in [0.1, 0.15) is 0 Å². The van der Waals surface area contributed by atoms with Gasteiger partial charge in [-0.2, -0.15) is 4.98 Å². The molecular weight excluding hydrogens is 374 g/mol. The molecule has 1 unspecified atom stereocenters. The van der Waals surface area contributed by atoms with Crippen molar-refractivity contribution in [3.63, 3.8) is 0 Å². The molecule has 0 spiro atoms. The molecule has 1 aromatic heterocycles. The van der Waals surface area contributed by atoms with Gasteiger partial charge in [0.25, 0.3) is 0 Å². The van der Waals surface area contributed by atoms with Crippen molar-refractivity contribution < 1.29 is 9.32 Å². The summed E-state index contributed by atoms with van der Waals surface area (Å²) in [5.74, 6) is 1.34. The molecule has 0 saturated carbocycles. The van der Waals surface area contributed by atoms with Crippen LogP contribution < -0.4 is 5.32 Å². The monoisotopic (exact) mass is 405 g/mol. The van der Waals surface area contributed by atoms with Gasteiger partial charge in [-0.1, -0.05) is 86.6 Å². The number of hydrogen-bond donors (Lipinski definition) is 1. The summed E-state index contributed by atoms with van der Waals surface area (Å²) < 4.78 is 5.32. The number of carbonyl (C=O) groups excluding carboxylic acids is 1. The van der Waals surface area contributed by atoms with Crippen LogP contribution in [0, 0.1) is 0 Å². The Bertz CT molecular complexity index is 914. The number of nitrogens with zero attached hydrogens (tertiary/aromatic N) is 2. The summed E-state index contributed by atoms with van der Waals surface area (Å²) in [6, 6.07) is 20.5. The average Bonchev–Trinajstić information content (AvgIpc) is 3.22. The van der Waals surface area contributed by atoms with Crippen LogP contribution in [-0.2, 0) is 23.1 Å². The van der Waals surface area contributed by atoms with Crippen LogP contribution in [0.3, 0.4) is 0 Å². The summed E-state index contributed by atoms with van der Waals surface area (Å²) in [6.07, 6.45) is 3.49. The van der Waals surface area contributed by atoms with Gasteiger partial charge in [0.15, 0.2) is 5.82 Å². The van der Waals surface area contributed by atoms with Gasteiger partial charge in [-0.05, 0) is 30.4 Å². The SMILES string of the molecule is CC(C)(C)c1noc(CCCC(=O)NC(CCc2ccccc2)c2ccccc2)n1. The Kier molecular flexibility index (Phi) is 7.39. The second-order valence-electron chi connectivity index (χ2n) is 8.67. The number of aryl methyl sites for hydroxylation is 2. The third kappa shape index (κ3) is 6.55. The van der Waals surface area contributed by atoms with E-state index in [4.69, 9.17) is 4.52 Å². The molecule has 3 aromatic rings. The predicted molar refractivity (Wildman–Crippen MR) is 118 cm³/mol. The number of amides is 1. The van der Waals surface area contributed by atoms with Crippen LogP contribution in [0.1, 0.15) is 68.9 Å². The second-order valence-corrected chi connectivity index (χ2v) is 8.67. The minimum atomic E-state index is -0.138. The molecule has 3 rings (SSSR count). The van der Waals surface area contributed by atoms with E-state index in [1.807, 2.05) is 57.2 Å². The molecule has 0 saturated heterocycles. The highest BCUT2D eigenvalue weighted by molar-refractivity contribution is 5.76. The number of hydrogen-bond acceptors (Lipinski definition) is 4. The maximum Gasteiger partial charge on any atom is 0.226 e. The molecular formula is C25H31N3O2. The van der Waals surface area contributed by atoms with Gasteiger partial charge in [0, 0.05) is 18.3 Å². The number of aromatic nitrogens is 2. The van der Waals surface area contributed by atoms with Crippen molar-refractivity contribution in [3.05, 3.63) is 83.5 Å². The lowest BCUT2D eigenvalue weighted by molar-refractivity contribution is -0.122. The minimum Gasteiger partial charge on any atom is -0.349 e. The van der Waals surface area contributed by atoms with Crippen molar-refractivity contribution in [1.29, 1.82) is 0 Å². The highest BCUT2D eigenvalue weighted by Gasteiger charge is 2.21. The fourth-order valence-electron chi connectivity index (χ4n) is 3.29. The molecule has 0 fully saturated rings. The van der Waals surface area contributed by atoms with E-state index in [1.165, 1.54) is 5.56 Å². The van der Waals surface area contributed by atoms with E-state index in [2.05, 4.69) is 39.7 Å². The van der Waals surface area contributed by atoms with Crippen molar-refractivity contribution in [1.82, 2.24) is 15.5 Å². The second kappa shape index (κ2) is 10.2. The molecule has 0 bridgehead atoms. The zero-order valence-electron chi connectivity index (χ0n) is 18.1. The zero-order chi connectivity index (χ0) is 21.4. The molecule has 1 amide bonds. The van der Waals surface area contributed by atoms with Crippen molar-refractivity contribution in [2.24, 2.45) is 0 Å². The summed E-state index contributed by atoms with van der Waals surface area (Å²) in [5, 5.41) is 7.25. The fourth-order valence-corrected chi connectivity index (χ4v) is 3.29. The van der Waals surface area contributed by atoms with Crippen LogP contribution in [0.15, 0.2) is 65.2 Å². The lowest BCUT2D eigenvalue weighted by Gasteiger charge is -2.19. The van der Waals surface area contributed by atoms with Gasteiger partial charge in [-0.3, -0.25) is 4.79 Å². The molecule has 0 aliphatic rings. The molecule has 5 nitrogen and oxygen atoms in total. The molecule has 158 valence electrons. The standard InChI is InChI=1S/C25H31N3O2/c1-25(2,3)24-27-23(30-28-24)16-10-15-22(29)26-21(20-13-8-5-9-14-20)18-17-19-11-6-4-7-12-19/h4-9,11-14,21H,10,15-18H2,1-3H3,(H,26,29). The molecule has 1 heterocycles. The largest absolute Gasteiger partial charge is 0.349 e. The Hall–Kier alpha value is -2.95. The first-order chi connectivity index (χ1) is 14.4. The quantitative estimate of drug-likeness (QED) is 0.533. The maximum atomic E-state index is 12.6. The summed E-state index contributed by atoms with van der Waals surface area (Å²) in [7, 11) is 0. The van der Waals surface area contributed by atoms with Crippen molar-refractivity contribution >= 4 is 5.91 Å². The molecule has 1 N–H and O–H groups in total. The Balaban J connectivity index is 1.53. The van der Waals surface area contributed by atoms with Crippen LogP contribution in [0.4, 0.5) is 0 Å². The Labute approximate surface area is 178 Å². The van der Waals surface area contributed by atoms with Gasteiger partial charge < -0.3 is 9.84 Å². The molecule has 0 aliphatic carbocycles. The third-order valence-corrected chi connectivity index (χ3v) is 5.04. The maximum absolute atomic E-state index is 12.6. The van der Waals surface area contributed by atoms with Gasteiger partial charge in [-0.15, -0.1) is 0 Å². The Morgan fingerprint density at radius 2 is 1.67 bits per heavy atom. The van der Waals surface area contributed by atoms with Crippen molar-refractivity contribution in [2.45, 2.75) is 64.3 Å². The highest BCUT2D eigenvalue weighted by atomic mass is 16.5. The number of carbonyl (C=O) groups is 1. The Morgan fingerprint density at radius 1 is 1.00 bits per heavy atom. The van der Waals surface area contributed by atoms with E-state index < -0.39 is 0 Å². The summed E-state index contributed by atoms with van der Waals surface area (Å²) in [5.41, 5.74) is 2.27. The third-order valence-electron chi connectivity index (χ3n) is 5.04. The molecule has 0 radical (unpaired) electrons. The Morgan fingerprint density at radius 3 is 2.30 bits per heavy atom. The van der Waals surface area contributed by atoms with Crippen LogP contribution in [0.5, 0.6) is 0 Å².